The Bertz CT molecular complexity index is 989. The summed E-state index contributed by atoms with van der Waals surface area (Å²) in [6, 6.07) is 9.05. The van der Waals surface area contributed by atoms with Crippen molar-refractivity contribution in [3.8, 4) is 16.8 Å². The molecule has 7 heteroatoms. The van der Waals surface area contributed by atoms with Crippen molar-refractivity contribution >= 4 is 5.69 Å². The lowest BCUT2D eigenvalue weighted by atomic mass is 9.99. The number of benzene rings is 1. The summed E-state index contributed by atoms with van der Waals surface area (Å²) in [5.74, 6) is 5.27. The molecule has 0 bridgehead atoms. The zero-order chi connectivity index (χ0) is 16.0. The standard InChI is InChI=1S/C15H14N4O3/c1-8-10(11-12(17-16)14(21)13(11)20)15(22)19(18(8)2)9-6-4-3-5-7-9/h3-7,17H,16H2,1-2H3. The molecule has 22 heavy (non-hydrogen) atoms. The first-order chi connectivity index (χ1) is 10.5. The van der Waals surface area contributed by atoms with E-state index in [-0.39, 0.29) is 22.4 Å². The summed E-state index contributed by atoms with van der Waals surface area (Å²) in [5, 5.41) is 0. The first-order valence-corrected chi connectivity index (χ1v) is 6.63. The number of para-hydroxylation sites is 1. The molecule has 0 saturated heterocycles. The normalized spacial score (nSPS) is 11.0. The van der Waals surface area contributed by atoms with Crippen molar-refractivity contribution in [1.29, 1.82) is 0 Å². The molecule has 0 radical (unpaired) electrons. The van der Waals surface area contributed by atoms with Crippen LogP contribution in [0.2, 0.25) is 0 Å². The molecule has 0 aliphatic rings. The highest BCUT2D eigenvalue weighted by Crippen LogP contribution is 2.24. The highest BCUT2D eigenvalue weighted by Gasteiger charge is 2.28. The lowest BCUT2D eigenvalue weighted by Crippen LogP contribution is -2.39. The van der Waals surface area contributed by atoms with Gasteiger partial charge in [-0.3, -0.25) is 24.9 Å². The van der Waals surface area contributed by atoms with Crippen molar-refractivity contribution in [2.24, 2.45) is 12.9 Å². The minimum atomic E-state index is -0.702. The highest BCUT2D eigenvalue weighted by atomic mass is 16.2. The van der Waals surface area contributed by atoms with Crippen LogP contribution in [-0.2, 0) is 7.05 Å². The molecule has 0 fully saturated rings. The van der Waals surface area contributed by atoms with Gasteiger partial charge in [-0.25, -0.2) is 4.68 Å². The van der Waals surface area contributed by atoms with Crippen LogP contribution >= 0.6 is 0 Å². The van der Waals surface area contributed by atoms with Gasteiger partial charge in [0, 0.05) is 12.7 Å². The van der Waals surface area contributed by atoms with Crippen molar-refractivity contribution in [2.45, 2.75) is 6.92 Å². The van der Waals surface area contributed by atoms with Gasteiger partial charge in [0.2, 0.25) is 5.43 Å². The molecule has 0 spiro atoms. The van der Waals surface area contributed by atoms with Crippen LogP contribution in [0.4, 0.5) is 5.69 Å². The van der Waals surface area contributed by atoms with E-state index in [2.05, 4.69) is 5.43 Å². The first kappa shape index (κ1) is 14.0. The Labute approximate surface area is 124 Å². The van der Waals surface area contributed by atoms with E-state index in [1.165, 1.54) is 4.68 Å². The Kier molecular flexibility index (Phi) is 3.07. The fourth-order valence-corrected chi connectivity index (χ4v) is 2.62. The van der Waals surface area contributed by atoms with Crippen molar-refractivity contribution in [2.75, 3.05) is 5.43 Å². The molecule has 112 valence electrons. The molecule has 0 saturated carbocycles. The maximum atomic E-state index is 12.7. The van der Waals surface area contributed by atoms with Gasteiger partial charge in [-0.2, -0.15) is 0 Å². The Balaban J connectivity index is 2.33. The minimum absolute atomic E-state index is 0.0176. The van der Waals surface area contributed by atoms with Gasteiger partial charge in [0.25, 0.3) is 11.0 Å². The van der Waals surface area contributed by atoms with Gasteiger partial charge >= 0.3 is 0 Å². The quantitative estimate of drug-likeness (QED) is 0.404. The largest absolute Gasteiger partial charge is 0.320 e. The molecular weight excluding hydrogens is 284 g/mol. The monoisotopic (exact) mass is 298 g/mol. The predicted octanol–water partition coefficient (Wildman–Crippen LogP) is 0.0330. The Morgan fingerprint density at radius 3 is 2.23 bits per heavy atom. The van der Waals surface area contributed by atoms with E-state index < -0.39 is 10.9 Å². The third-order valence-corrected chi connectivity index (χ3v) is 3.86. The van der Waals surface area contributed by atoms with Gasteiger partial charge in [-0.1, -0.05) is 18.2 Å². The lowest BCUT2D eigenvalue weighted by molar-refractivity contribution is 0.630. The van der Waals surface area contributed by atoms with Crippen LogP contribution in [0.15, 0.2) is 44.7 Å². The van der Waals surface area contributed by atoms with E-state index in [1.54, 1.807) is 30.8 Å². The number of hydrogen-bond acceptors (Lipinski definition) is 5. The fourth-order valence-electron chi connectivity index (χ4n) is 2.62. The molecule has 1 aromatic heterocycles. The fraction of sp³-hybridized carbons (Fsp3) is 0.133. The summed E-state index contributed by atoms with van der Waals surface area (Å²) in [7, 11) is 1.72. The smallest absolute Gasteiger partial charge is 0.279 e. The summed E-state index contributed by atoms with van der Waals surface area (Å²) >= 11 is 0. The second kappa shape index (κ2) is 4.81. The molecule has 1 heterocycles. The molecule has 2 aromatic carbocycles. The molecule has 3 rings (SSSR count). The number of aromatic nitrogens is 2. The number of nitrogen functional groups attached to an aromatic ring is 1. The van der Waals surface area contributed by atoms with Crippen LogP contribution in [0.5, 0.6) is 0 Å². The zero-order valence-electron chi connectivity index (χ0n) is 12.1. The number of nitrogens with two attached hydrogens (primary N) is 1. The average molecular weight is 298 g/mol. The number of rotatable bonds is 3. The second-order valence-corrected chi connectivity index (χ2v) is 4.99. The third-order valence-electron chi connectivity index (χ3n) is 3.86. The number of hydrogen-bond donors (Lipinski definition) is 2. The van der Waals surface area contributed by atoms with Crippen LogP contribution in [0.1, 0.15) is 5.69 Å². The van der Waals surface area contributed by atoms with Gasteiger partial charge < -0.3 is 5.43 Å². The van der Waals surface area contributed by atoms with Crippen LogP contribution in [-0.4, -0.2) is 9.36 Å². The maximum absolute atomic E-state index is 12.7. The molecule has 7 nitrogen and oxygen atoms in total. The molecular formula is C15H14N4O3. The van der Waals surface area contributed by atoms with Gasteiger partial charge in [0.05, 0.1) is 16.8 Å². The zero-order valence-corrected chi connectivity index (χ0v) is 12.1. The van der Waals surface area contributed by atoms with E-state index in [0.717, 1.165) is 0 Å². The van der Waals surface area contributed by atoms with Crippen molar-refractivity contribution in [3.63, 3.8) is 0 Å². The van der Waals surface area contributed by atoms with E-state index in [9.17, 15) is 14.4 Å². The first-order valence-electron chi connectivity index (χ1n) is 6.63. The number of nitrogens with one attached hydrogen (secondary N) is 1. The van der Waals surface area contributed by atoms with Crippen molar-refractivity contribution < 1.29 is 0 Å². The summed E-state index contributed by atoms with van der Waals surface area (Å²) in [6.07, 6.45) is 0. The van der Waals surface area contributed by atoms with E-state index in [0.29, 0.717) is 11.4 Å². The second-order valence-electron chi connectivity index (χ2n) is 4.99. The van der Waals surface area contributed by atoms with E-state index >= 15 is 0 Å². The van der Waals surface area contributed by atoms with Crippen LogP contribution in [0, 0.1) is 6.92 Å². The SMILES string of the molecule is Cc1c(-c2c(NN)c(=O)c2=O)c(=O)n(-c2ccccc2)n1C. The number of anilines is 1. The number of hydrazine groups is 1. The molecule has 0 amide bonds. The lowest BCUT2D eigenvalue weighted by Gasteiger charge is -2.08. The van der Waals surface area contributed by atoms with Gasteiger partial charge in [-0.05, 0) is 19.1 Å². The molecule has 0 atom stereocenters. The Morgan fingerprint density at radius 2 is 1.64 bits per heavy atom. The molecule has 3 aromatic rings. The summed E-state index contributed by atoms with van der Waals surface area (Å²) in [5.41, 5.74) is 1.93. The van der Waals surface area contributed by atoms with Gasteiger partial charge in [-0.15, -0.1) is 0 Å². The van der Waals surface area contributed by atoms with Crippen molar-refractivity contribution in [3.05, 3.63) is 66.8 Å². The van der Waals surface area contributed by atoms with Gasteiger partial charge in [0.15, 0.2) is 0 Å². The maximum Gasteiger partial charge on any atom is 0.279 e. The minimum Gasteiger partial charge on any atom is -0.320 e. The van der Waals surface area contributed by atoms with E-state index in [4.69, 9.17) is 5.84 Å². The summed E-state index contributed by atoms with van der Waals surface area (Å²) < 4.78 is 3.09. The van der Waals surface area contributed by atoms with Crippen molar-refractivity contribution in [1.82, 2.24) is 9.36 Å². The molecule has 0 aliphatic heterocycles. The Morgan fingerprint density at radius 1 is 1.00 bits per heavy atom. The predicted molar refractivity (Wildman–Crippen MR) is 83.9 cm³/mol. The Hall–Kier alpha value is -2.93. The summed E-state index contributed by atoms with van der Waals surface area (Å²) in [6.45, 7) is 1.72. The van der Waals surface area contributed by atoms with E-state index in [1.807, 2.05) is 18.2 Å². The molecule has 0 aliphatic carbocycles. The number of nitrogens with zero attached hydrogens (tertiary/aromatic N) is 2. The van der Waals surface area contributed by atoms with Crippen LogP contribution in [0.3, 0.4) is 0 Å². The highest BCUT2D eigenvalue weighted by molar-refractivity contribution is 5.82. The van der Waals surface area contributed by atoms with Crippen LogP contribution < -0.4 is 27.7 Å². The van der Waals surface area contributed by atoms with Gasteiger partial charge in [0.1, 0.15) is 5.69 Å². The van der Waals surface area contributed by atoms with Crippen LogP contribution in [0.25, 0.3) is 16.8 Å². The topological polar surface area (TPSA) is 99.1 Å². The molecule has 0 unspecified atom stereocenters. The molecule has 3 N–H and O–H groups in total. The average Bonchev–Trinajstić information content (AvgIpc) is 2.75. The third kappa shape index (κ3) is 1.69. The summed E-state index contributed by atoms with van der Waals surface area (Å²) in [4.78, 5) is 36.1.